The van der Waals surface area contributed by atoms with Gasteiger partial charge in [0.15, 0.2) is 0 Å². The summed E-state index contributed by atoms with van der Waals surface area (Å²) in [6.45, 7) is 6.76. The number of aromatic nitrogens is 1. The molecule has 0 radical (unpaired) electrons. The minimum atomic E-state index is -0.136. The maximum Gasteiger partial charge on any atom is 0.269 e. The molecule has 0 fully saturated rings. The summed E-state index contributed by atoms with van der Waals surface area (Å²) in [7, 11) is 0. The Morgan fingerprint density at radius 1 is 1.38 bits per heavy atom. The molecule has 0 aliphatic carbocycles. The largest absolute Gasteiger partial charge is 0.382 e. The third-order valence-corrected chi connectivity index (χ3v) is 4.07. The number of amides is 1. The zero-order chi connectivity index (χ0) is 15.2. The van der Waals surface area contributed by atoms with Crippen LogP contribution in [-0.2, 0) is 6.42 Å². The van der Waals surface area contributed by atoms with Gasteiger partial charge in [-0.3, -0.25) is 9.78 Å². The zero-order valence-corrected chi connectivity index (χ0v) is 13.5. The minimum absolute atomic E-state index is 0.136. The molecule has 0 aliphatic heterocycles. The lowest BCUT2D eigenvalue weighted by molar-refractivity contribution is 0.0951. The molecule has 2 aromatic rings. The Morgan fingerprint density at radius 3 is 2.86 bits per heavy atom. The Hall–Kier alpha value is -1.88. The van der Waals surface area contributed by atoms with Crippen molar-refractivity contribution in [1.29, 1.82) is 0 Å². The van der Waals surface area contributed by atoms with Gasteiger partial charge in [-0.05, 0) is 45.0 Å². The summed E-state index contributed by atoms with van der Waals surface area (Å²) in [5, 5.41) is 6.18. The van der Waals surface area contributed by atoms with Crippen LogP contribution in [0.2, 0.25) is 0 Å². The molecule has 0 bridgehead atoms. The SMILES string of the molecule is CCNC(=O)c1cc(NC(C)Cc2ccc(C)s2)ccn1. The van der Waals surface area contributed by atoms with E-state index in [4.69, 9.17) is 0 Å². The number of anilines is 1. The Labute approximate surface area is 129 Å². The Balaban J connectivity index is 1.98. The highest BCUT2D eigenvalue weighted by atomic mass is 32.1. The maximum absolute atomic E-state index is 11.8. The van der Waals surface area contributed by atoms with Crippen LogP contribution in [0.15, 0.2) is 30.5 Å². The normalized spacial score (nSPS) is 12.0. The van der Waals surface area contributed by atoms with E-state index in [1.165, 1.54) is 9.75 Å². The fourth-order valence-corrected chi connectivity index (χ4v) is 3.15. The standard InChI is InChI=1S/C16H21N3OS/c1-4-17-16(20)15-10-13(7-8-18-15)19-11(2)9-14-6-5-12(3)21-14/h5-8,10-11H,4,9H2,1-3H3,(H,17,20)(H,18,19). The van der Waals surface area contributed by atoms with Crippen LogP contribution in [0.25, 0.3) is 0 Å². The molecular weight excluding hydrogens is 282 g/mol. The van der Waals surface area contributed by atoms with Crippen LogP contribution in [0.3, 0.4) is 0 Å². The predicted octanol–water partition coefficient (Wildman–Crippen LogP) is 3.24. The van der Waals surface area contributed by atoms with Crippen LogP contribution in [0, 0.1) is 6.92 Å². The van der Waals surface area contributed by atoms with Gasteiger partial charge < -0.3 is 10.6 Å². The van der Waals surface area contributed by atoms with E-state index in [9.17, 15) is 4.79 Å². The highest BCUT2D eigenvalue weighted by molar-refractivity contribution is 7.11. The second-order valence-corrected chi connectivity index (χ2v) is 6.42. The van der Waals surface area contributed by atoms with Crippen molar-refractivity contribution in [3.63, 3.8) is 0 Å². The zero-order valence-electron chi connectivity index (χ0n) is 12.6. The number of aryl methyl sites for hydroxylation is 1. The summed E-state index contributed by atoms with van der Waals surface area (Å²) in [5.74, 6) is -0.136. The fraction of sp³-hybridized carbons (Fsp3) is 0.375. The van der Waals surface area contributed by atoms with Gasteiger partial charge in [-0.15, -0.1) is 11.3 Å². The third-order valence-electron chi connectivity index (χ3n) is 3.05. The number of nitrogens with zero attached hydrogens (tertiary/aromatic N) is 1. The van der Waals surface area contributed by atoms with Crippen molar-refractivity contribution in [2.24, 2.45) is 0 Å². The lowest BCUT2D eigenvalue weighted by Gasteiger charge is -2.15. The molecule has 0 spiro atoms. The van der Waals surface area contributed by atoms with E-state index in [0.717, 1.165) is 12.1 Å². The maximum atomic E-state index is 11.8. The van der Waals surface area contributed by atoms with Crippen molar-refractivity contribution in [2.75, 3.05) is 11.9 Å². The lowest BCUT2D eigenvalue weighted by Crippen LogP contribution is -2.24. The van der Waals surface area contributed by atoms with Crippen molar-refractivity contribution in [3.8, 4) is 0 Å². The molecule has 4 nitrogen and oxygen atoms in total. The summed E-state index contributed by atoms with van der Waals surface area (Å²) in [4.78, 5) is 18.6. The first-order chi connectivity index (χ1) is 10.1. The summed E-state index contributed by atoms with van der Waals surface area (Å²) >= 11 is 1.82. The van der Waals surface area contributed by atoms with Gasteiger partial charge in [0.05, 0.1) is 0 Å². The van der Waals surface area contributed by atoms with E-state index in [1.807, 2.05) is 24.3 Å². The molecule has 112 valence electrons. The quantitative estimate of drug-likeness (QED) is 0.861. The molecule has 0 saturated heterocycles. The summed E-state index contributed by atoms with van der Waals surface area (Å²) < 4.78 is 0. The third kappa shape index (κ3) is 4.56. The van der Waals surface area contributed by atoms with Gasteiger partial charge in [-0.2, -0.15) is 0 Å². The van der Waals surface area contributed by atoms with E-state index in [1.54, 1.807) is 12.3 Å². The number of carbonyl (C=O) groups excluding carboxylic acids is 1. The fourth-order valence-electron chi connectivity index (χ4n) is 2.13. The summed E-state index contributed by atoms with van der Waals surface area (Å²) in [5.41, 5.74) is 1.37. The number of hydrogen-bond acceptors (Lipinski definition) is 4. The topological polar surface area (TPSA) is 54.0 Å². The number of pyridine rings is 1. The number of nitrogens with one attached hydrogen (secondary N) is 2. The van der Waals surface area contributed by atoms with E-state index in [-0.39, 0.29) is 5.91 Å². The van der Waals surface area contributed by atoms with E-state index >= 15 is 0 Å². The molecule has 0 aromatic carbocycles. The molecule has 0 aliphatic rings. The highest BCUT2D eigenvalue weighted by Crippen LogP contribution is 2.18. The van der Waals surface area contributed by atoms with Gasteiger partial charge in [0.25, 0.3) is 5.91 Å². The van der Waals surface area contributed by atoms with Crippen molar-refractivity contribution in [1.82, 2.24) is 10.3 Å². The van der Waals surface area contributed by atoms with Gasteiger partial charge in [0.1, 0.15) is 5.69 Å². The molecular formula is C16H21N3OS. The van der Waals surface area contributed by atoms with Crippen molar-refractivity contribution in [2.45, 2.75) is 33.2 Å². The molecule has 1 amide bonds. The number of rotatable bonds is 6. The van der Waals surface area contributed by atoms with Crippen LogP contribution in [0.4, 0.5) is 5.69 Å². The Morgan fingerprint density at radius 2 is 2.19 bits per heavy atom. The number of thiophene rings is 1. The second kappa shape index (κ2) is 7.22. The van der Waals surface area contributed by atoms with Crippen molar-refractivity contribution in [3.05, 3.63) is 45.9 Å². The first-order valence-electron chi connectivity index (χ1n) is 7.14. The molecule has 2 N–H and O–H groups in total. The van der Waals surface area contributed by atoms with Crippen LogP contribution in [0.1, 0.15) is 34.1 Å². The van der Waals surface area contributed by atoms with Crippen molar-refractivity contribution < 1.29 is 4.79 Å². The lowest BCUT2D eigenvalue weighted by atomic mass is 10.2. The average molecular weight is 303 g/mol. The number of carbonyl (C=O) groups is 1. The van der Waals surface area contributed by atoms with Gasteiger partial charge in [-0.1, -0.05) is 0 Å². The minimum Gasteiger partial charge on any atom is -0.382 e. The van der Waals surface area contributed by atoms with Crippen LogP contribution >= 0.6 is 11.3 Å². The molecule has 0 saturated carbocycles. The van der Waals surface area contributed by atoms with E-state index in [2.05, 4.69) is 41.6 Å². The monoisotopic (exact) mass is 303 g/mol. The van der Waals surface area contributed by atoms with Crippen LogP contribution < -0.4 is 10.6 Å². The van der Waals surface area contributed by atoms with Crippen molar-refractivity contribution >= 4 is 22.9 Å². The molecule has 1 atom stereocenters. The molecule has 5 heteroatoms. The van der Waals surface area contributed by atoms with Gasteiger partial charge >= 0.3 is 0 Å². The average Bonchev–Trinajstić information content (AvgIpc) is 2.84. The van der Waals surface area contributed by atoms with Gasteiger partial charge in [0.2, 0.25) is 0 Å². The van der Waals surface area contributed by atoms with E-state index < -0.39 is 0 Å². The highest BCUT2D eigenvalue weighted by Gasteiger charge is 2.09. The molecule has 2 aromatic heterocycles. The van der Waals surface area contributed by atoms with Crippen LogP contribution in [-0.4, -0.2) is 23.5 Å². The predicted molar refractivity (Wildman–Crippen MR) is 88.1 cm³/mol. The first-order valence-corrected chi connectivity index (χ1v) is 7.96. The Bertz CT molecular complexity index is 609. The van der Waals surface area contributed by atoms with E-state index in [0.29, 0.717) is 18.3 Å². The Kier molecular flexibility index (Phi) is 5.33. The van der Waals surface area contributed by atoms with Crippen LogP contribution in [0.5, 0.6) is 0 Å². The molecule has 2 rings (SSSR count). The summed E-state index contributed by atoms with van der Waals surface area (Å²) in [6, 6.07) is 8.30. The van der Waals surface area contributed by atoms with Gasteiger partial charge in [0, 0.05) is 40.6 Å². The first kappa shape index (κ1) is 15.5. The van der Waals surface area contributed by atoms with Gasteiger partial charge in [-0.25, -0.2) is 0 Å². The molecule has 1 unspecified atom stereocenters. The summed E-state index contributed by atoms with van der Waals surface area (Å²) in [6.07, 6.45) is 2.63. The smallest absolute Gasteiger partial charge is 0.269 e. The second-order valence-electron chi connectivity index (χ2n) is 5.05. The molecule has 2 heterocycles. The molecule has 21 heavy (non-hydrogen) atoms. The number of hydrogen-bond donors (Lipinski definition) is 2.